The van der Waals surface area contributed by atoms with Crippen LogP contribution in [-0.4, -0.2) is 41.2 Å². The van der Waals surface area contributed by atoms with Gasteiger partial charge in [-0.3, -0.25) is 9.10 Å². The smallest absolute Gasteiger partial charge is 0.264 e. The van der Waals surface area contributed by atoms with E-state index in [0.717, 1.165) is 9.87 Å². The summed E-state index contributed by atoms with van der Waals surface area (Å²) in [6.45, 7) is 2.21. The topological polar surface area (TPSA) is 94.2 Å². The molecule has 0 spiro atoms. The summed E-state index contributed by atoms with van der Waals surface area (Å²) < 4.78 is 44.5. The van der Waals surface area contributed by atoms with Crippen molar-refractivity contribution in [2.24, 2.45) is 0 Å². The highest BCUT2D eigenvalue weighted by atomic mass is 32.2. The lowest BCUT2D eigenvalue weighted by Crippen LogP contribution is -2.41. The normalized spacial score (nSPS) is 13.6. The second-order valence-corrected chi connectivity index (χ2v) is 9.58. The first-order chi connectivity index (χ1) is 16.4. The van der Waals surface area contributed by atoms with Gasteiger partial charge in [-0.2, -0.15) is 0 Å². The number of hydrogen-bond donors (Lipinski definition) is 1. The number of hydrogen-bond acceptors (Lipinski definition) is 6. The van der Waals surface area contributed by atoms with Gasteiger partial charge in [-0.1, -0.05) is 30.3 Å². The van der Waals surface area contributed by atoms with Gasteiger partial charge in [0.05, 0.1) is 23.7 Å². The van der Waals surface area contributed by atoms with Crippen molar-refractivity contribution < 1.29 is 27.4 Å². The molecule has 1 aliphatic rings. The highest BCUT2D eigenvalue weighted by Gasteiger charge is 2.29. The average Bonchev–Trinajstić information content (AvgIpc) is 2.87. The summed E-state index contributed by atoms with van der Waals surface area (Å²) in [6.07, 6.45) is 0. The fourth-order valence-corrected chi connectivity index (χ4v) is 5.05. The number of carbonyl (C=O) groups is 1. The Labute approximate surface area is 199 Å². The summed E-state index contributed by atoms with van der Waals surface area (Å²) in [5.41, 5.74) is 1.17. The Balaban J connectivity index is 1.61. The molecule has 0 saturated heterocycles. The molecule has 0 fully saturated rings. The Morgan fingerprint density at radius 1 is 1.00 bits per heavy atom. The summed E-state index contributed by atoms with van der Waals surface area (Å²) in [7, 11) is -2.44. The summed E-state index contributed by atoms with van der Waals surface area (Å²) >= 11 is 0. The molecule has 1 N–H and O–H groups in total. The minimum Gasteiger partial charge on any atom is -0.497 e. The lowest BCUT2D eigenvalue weighted by atomic mass is 10.1. The molecule has 1 amide bonds. The number of methoxy groups -OCH3 is 1. The fourth-order valence-electron chi connectivity index (χ4n) is 3.62. The van der Waals surface area contributed by atoms with E-state index in [1.807, 2.05) is 19.1 Å². The van der Waals surface area contributed by atoms with Gasteiger partial charge in [0.25, 0.3) is 10.0 Å². The van der Waals surface area contributed by atoms with Crippen LogP contribution in [0.3, 0.4) is 0 Å². The van der Waals surface area contributed by atoms with Crippen LogP contribution in [0.2, 0.25) is 0 Å². The molecule has 34 heavy (non-hydrogen) atoms. The number of nitrogens with one attached hydrogen (secondary N) is 1. The second kappa shape index (κ2) is 10.0. The number of nitrogens with zero attached hydrogens (tertiary/aromatic N) is 1. The largest absolute Gasteiger partial charge is 0.497 e. The molecule has 178 valence electrons. The molecule has 4 rings (SSSR count). The maximum absolute atomic E-state index is 13.5. The van der Waals surface area contributed by atoms with E-state index in [1.54, 1.807) is 55.6 Å². The van der Waals surface area contributed by atoms with Crippen LogP contribution in [0.15, 0.2) is 77.7 Å². The van der Waals surface area contributed by atoms with Gasteiger partial charge in [-0.05, 0) is 48.9 Å². The molecule has 0 aliphatic carbocycles. The van der Waals surface area contributed by atoms with Crippen LogP contribution in [0.4, 0.5) is 5.69 Å². The van der Waals surface area contributed by atoms with Crippen LogP contribution in [0.1, 0.15) is 18.5 Å². The van der Waals surface area contributed by atoms with E-state index >= 15 is 0 Å². The van der Waals surface area contributed by atoms with Gasteiger partial charge in [-0.15, -0.1) is 0 Å². The average molecular weight is 483 g/mol. The predicted molar refractivity (Wildman–Crippen MR) is 128 cm³/mol. The van der Waals surface area contributed by atoms with Crippen molar-refractivity contribution in [3.8, 4) is 17.2 Å². The van der Waals surface area contributed by atoms with Crippen molar-refractivity contribution in [1.82, 2.24) is 5.32 Å². The van der Waals surface area contributed by atoms with Crippen molar-refractivity contribution in [3.63, 3.8) is 0 Å². The molecule has 9 heteroatoms. The van der Waals surface area contributed by atoms with Gasteiger partial charge in [0.1, 0.15) is 25.5 Å². The first kappa shape index (κ1) is 23.4. The molecular formula is C25H26N2O6S. The minimum atomic E-state index is -4.03. The molecule has 0 unspecified atom stereocenters. The van der Waals surface area contributed by atoms with Crippen molar-refractivity contribution in [3.05, 3.63) is 78.4 Å². The Hall–Kier alpha value is -3.72. The lowest BCUT2D eigenvalue weighted by Gasteiger charge is -2.27. The van der Waals surface area contributed by atoms with Crippen LogP contribution in [0.5, 0.6) is 17.2 Å². The van der Waals surface area contributed by atoms with Gasteiger partial charge in [0.15, 0.2) is 11.5 Å². The van der Waals surface area contributed by atoms with Crippen molar-refractivity contribution in [2.45, 2.75) is 17.9 Å². The molecule has 1 heterocycles. The summed E-state index contributed by atoms with van der Waals surface area (Å²) in [5, 5.41) is 2.88. The van der Waals surface area contributed by atoms with Crippen molar-refractivity contribution in [2.75, 3.05) is 31.2 Å². The van der Waals surface area contributed by atoms with Crippen molar-refractivity contribution in [1.29, 1.82) is 0 Å². The van der Waals surface area contributed by atoms with E-state index in [-0.39, 0.29) is 10.9 Å². The van der Waals surface area contributed by atoms with E-state index in [2.05, 4.69) is 5.32 Å². The molecule has 8 nitrogen and oxygen atoms in total. The molecule has 3 aromatic rings. The number of amides is 1. The van der Waals surface area contributed by atoms with Crippen LogP contribution >= 0.6 is 0 Å². The predicted octanol–water partition coefficient (Wildman–Crippen LogP) is 3.54. The first-order valence-electron chi connectivity index (χ1n) is 10.8. The number of sulfonamides is 1. The molecular weight excluding hydrogens is 456 g/mol. The van der Waals surface area contributed by atoms with E-state index in [9.17, 15) is 13.2 Å². The summed E-state index contributed by atoms with van der Waals surface area (Å²) in [4.78, 5) is 13.1. The third-order valence-electron chi connectivity index (χ3n) is 5.43. The van der Waals surface area contributed by atoms with Gasteiger partial charge in [0, 0.05) is 6.07 Å². The number of ether oxygens (including phenoxy) is 3. The number of rotatable bonds is 8. The van der Waals surface area contributed by atoms with Gasteiger partial charge in [-0.25, -0.2) is 8.42 Å². The zero-order valence-electron chi connectivity index (χ0n) is 18.9. The van der Waals surface area contributed by atoms with Crippen LogP contribution in [0.25, 0.3) is 0 Å². The highest BCUT2D eigenvalue weighted by Crippen LogP contribution is 2.35. The summed E-state index contributed by atoms with van der Waals surface area (Å²) in [6, 6.07) is 19.8. The fraction of sp³-hybridized carbons (Fsp3) is 0.240. The Morgan fingerprint density at radius 2 is 1.68 bits per heavy atom. The third-order valence-corrected chi connectivity index (χ3v) is 7.21. The quantitative estimate of drug-likeness (QED) is 0.528. The van der Waals surface area contributed by atoms with Crippen LogP contribution < -0.4 is 23.8 Å². The number of anilines is 1. The Bertz CT molecular complexity index is 1250. The zero-order valence-corrected chi connectivity index (χ0v) is 19.7. The molecule has 1 aliphatic heterocycles. The van der Waals surface area contributed by atoms with Crippen LogP contribution in [-0.2, 0) is 14.8 Å². The second-order valence-electron chi connectivity index (χ2n) is 7.72. The lowest BCUT2D eigenvalue weighted by molar-refractivity contribution is -0.120. The number of carbonyl (C=O) groups excluding carboxylic acids is 1. The monoisotopic (exact) mass is 482 g/mol. The van der Waals surface area contributed by atoms with Crippen LogP contribution in [0, 0.1) is 0 Å². The molecule has 0 aromatic heterocycles. The number of fused-ring (bicyclic) bond motifs is 1. The van der Waals surface area contributed by atoms with Gasteiger partial charge < -0.3 is 19.5 Å². The Morgan fingerprint density at radius 3 is 2.35 bits per heavy atom. The van der Waals surface area contributed by atoms with E-state index in [0.29, 0.717) is 36.1 Å². The Kier molecular flexibility index (Phi) is 6.93. The van der Waals surface area contributed by atoms with E-state index in [4.69, 9.17) is 14.2 Å². The van der Waals surface area contributed by atoms with Gasteiger partial charge >= 0.3 is 0 Å². The minimum absolute atomic E-state index is 0.0842. The maximum atomic E-state index is 13.5. The first-order valence-corrected chi connectivity index (χ1v) is 12.2. The maximum Gasteiger partial charge on any atom is 0.264 e. The van der Waals surface area contributed by atoms with Gasteiger partial charge in [0.2, 0.25) is 5.91 Å². The van der Waals surface area contributed by atoms with E-state index < -0.39 is 22.5 Å². The SMILES string of the molecule is COc1ccc([C@H](C)NC(=O)CN(c2ccc3c(c2)OCCO3)S(=O)(=O)c2ccccc2)cc1. The molecule has 0 radical (unpaired) electrons. The van der Waals surface area contributed by atoms with E-state index in [1.165, 1.54) is 12.1 Å². The summed E-state index contributed by atoms with van der Waals surface area (Å²) in [5.74, 6) is 1.23. The molecule has 0 bridgehead atoms. The standard InChI is InChI=1S/C25H26N2O6S/c1-18(19-8-11-21(31-2)12-9-19)26-25(28)17-27(34(29,30)22-6-4-3-5-7-22)20-10-13-23-24(16-20)33-15-14-32-23/h3-13,16,18H,14-15,17H2,1-2H3,(H,26,28)/t18-/m0/s1. The highest BCUT2D eigenvalue weighted by molar-refractivity contribution is 7.92. The van der Waals surface area contributed by atoms with Crippen molar-refractivity contribution >= 4 is 21.6 Å². The number of benzene rings is 3. The third kappa shape index (κ3) is 5.09. The molecule has 1 atom stereocenters. The molecule has 0 saturated carbocycles. The molecule has 3 aromatic carbocycles. The zero-order chi connectivity index (χ0) is 24.1.